The van der Waals surface area contributed by atoms with E-state index < -0.39 is 0 Å². The number of hydrogen-bond donors (Lipinski definition) is 0. The summed E-state index contributed by atoms with van der Waals surface area (Å²) in [5.41, 5.74) is 2.98. The molecule has 118 valence electrons. The van der Waals surface area contributed by atoms with Crippen molar-refractivity contribution in [3.05, 3.63) is 78.1 Å². The maximum atomic E-state index is 11.5. The van der Waals surface area contributed by atoms with E-state index in [1.54, 1.807) is 12.1 Å². The molecule has 24 heavy (non-hydrogen) atoms. The second-order valence-corrected chi connectivity index (χ2v) is 5.73. The van der Waals surface area contributed by atoms with Crippen LogP contribution in [0.3, 0.4) is 0 Å². The van der Waals surface area contributed by atoms with Gasteiger partial charge in [0.05, 0.1) is 12.1 Å². The molecule has 0 atom stereocenters. The summed E-state index contributed by atoms with van der Waals surface area (Å²) in [5.74, 6) is 0.879. The molecule has 0 radical (unpaired) electrons. The first-order valence-corrected chi connectivity index (χ1v) is 7.83. The van der Waals surface area contributed by atoms with Gasteiger partial charge in [-0.2, -0.15) is 5.10 Å². The topological polar surface area (TPSA) is 48.0 Å². The van der Waals surface area contributed by atoms with Crippen LogP contribution in [0, 0.1) is 0 Å². The average Bonchev–Trinajstić information content (AvgIpc) is 3.21. The number of benzene rings is 2. The fourth-order valence-electron chi connectivity index (χ4n) is 2.84. The fourth-order valence-corrected chi connectivity index (χ4v) is 2.84. The minimum Gasteiger partial charge on any atom is -0.451 e. The number of hydrogen-bond acceptors (Lipinski definition) is 3. The summed E-state index contributed by atoms with van der Waals surface area (Å²) in [7, 11) is 0. The quantitative estimate of drug-likeness (QED) is 0.519. The van der Waals surface area contributed by atoms with Crippen molar-refractivity contribution in [1.29, 1.82) is 0 Å². The van der Waals surface area contributed by atoms with Crippen LogP contribution in [-0.2, 0) is 6.54 Å². The third-order valence-corrected chi connectivity index (χ3v) is 4.02. The second kappa shape index (κ2) is 5.81. The molecule has 4 nitrogen and oxygen atoms in total. The van der Waals surface area contributed by atoms with Crippen LogP contribution in [0.25, 0.3) is 22.4 Å². The second-order valence-electron chi connectivity index (χ2n) is 5.73. The van der Waals surface area contributed by atoms with Crippen molar-refractivity contribution in [3.8, 4) is 11.5 Å². The normalized spacial score (nSPS) is 11.0. The smallest absolute Gasteiger partial charge is 0.194 e. The number of furan rings is 1. The molecule has 0 unspecified atom stereocenters. The third-order valence-electron chi connectivity index (χ3n) is 4.02. The van der Waals surface area contributed by atoms with Crippen LogP contribution in [0.15, 0.2) is 71.1 Å². The van der Waals surface area contributed by atoms with Crippen LogP contribution in [0.5, 0.6) is 0 Å². The lowest BCUT2D eigenvalue weighted by Gasteiger charge is -2.03. The molecule has 0 saturated carbocycles. The van der Waals surface area contributed by atoms with Gasteiger partial charge in [-0.15, -0.1) is 0 Å². The number of Topliss-reactive ketones (excluding diaryl/α,β-unsaturated/α-hetero) is 1. The Morgan fingerprint density at radius 3 is 2.50 bits per heavy atom. The minimum absolute atomic E-state index is 0.0886. The number of rotatable bonds is 4. The number of carbonyl (C=O) groups excluding carboxylic acids is 1. The van der Waals surface area contributed by atoms with Crippen LogP contribution in [0.1, 0.15) is 23.0 Å². The highest BCUT2D eigenvalue weighted by atomic mass is 16.3. The van der Waals surface area contributed by atoms with Crippen molar-refractivity contribution in [2.45, 2.75) is 13.5 Å². The molecule has 0 N–H and O–H groups in total. The molecule has 4 heteroatoms. The van der Waals surface area contributed by atoms with E-state index in [1.165, 1.54) is 12.5 Å². The number of para-hydroxylation sites is 1. The molecule has 2 aromatic carbocycles. The van der Waals surface area contributed by atoms with Crippen molar-refractivity contribution >= 4 is 16.7 Å². The lowest BCUT2D eigenvalue weighted by Crippen LogP contribution is -2.01. The number of aromatic nitrogens is 2. The van der Waals surface area contributed by atoms with Gasteiger partial charge in [0.2, 0.25) is 0 Å². The number of fused-ring (bicyclic) bond motifs is 1. The van der Waals surface area contributed by atoms with Crippen molar-refractivity contribution in [1.82, 2.24) is 9.78 Å². The number of ketones is 1. The van der Waals surface area contributed by atoms with E-state index in [4.69, 9.17) is 9.52 Å². The third kappa shape index (κ3) is 2.52. The zero-order valence-electron chi connectivity index (χ0n) is 13.3. The molecule has 0 aliphatic carbocycles. The van der Waals surface area contributed by atoms with Gasteiger partial charge < -0.3 is 4.42 Å². The highest BCUT2D eigenvalue weighted by Crippen LogP contribution is 2.29. The van der Waals surface area contributed by atoms with E-state index in [9.17, 15) is 4.79 Å². The van der Waals surface area contributed by atoms with Crippen LogP contribution in [0.4, 0.5) is 0 Å². The Labute approximate surface area is 139 Å². The Kier molecular flexibility index (Phi) is 3.50. The van der Waals surface area contributed by atoms with E-state index in [0.717, 1.165) is 16.6 Å². The molecule has 4 rings (SSSR count). The van der Waals surface area contributed by atoms with Crippen LogP contribution in [0.2, 0.25) is 0 Å². The number of carbonyl (C=O) groups is 1. The first kappa shape index (κ1) is 14.5. The highest BCUT2D eigenvalue weighted by molar-refractivity contribution is 5.94. The van der Waals surface area contributed by atoms with Gasteiger partial charge in [0.1, 0.15) is 5.69 Å². The van der Waals surface area contributed by atoms with E-state index in [0.29, 0.717) is 18.1 Å². The Morgan fingerprint density at radius 2 is 1.75 bits per heavy atom. The predicted octanol–water partition coefficient (Wildman–Crippen LogP) is 4.55. The van der Waals surface area contributed by atoms with Crippen molar-refractivity contribution < 1.29 is 9.21 Å². The molecule has 0 bridgehead atoms. The monoisotopic (exact) mass is 316 g/mol. The fraction of sp³-hybridized carbons (Fsp3) is 0.100. The standard InChI is InChI=1S/C20H16N2O2/c1-14(23)18-11-12-19(24-18)20-16-9-5-6-10-17(16)22(21-20)13-15-7-3-2-4-8-15/h2-12H,13H2,1H3. The molecule has 0 amide bonds. The van der Waals surface area contributed by atoms with Gasteiger partial charge in [-0.05, 0) is 23.8 Å². The summed E-state index contributed by atoms with van der Waals surface area (Å²) < 4.78 is 7.65. The van der Waals surface area contributed by atoms with Gasteiger partial charge in [0, 0.05) is 12.3 Å². The van der Waals surface area contributed by atoms with Gasteiger partial charge >= 0.3 is 0 Å². The Hall–Kier alpha value is -3.14. The van der Waals surface area contributed by atoms with Gasteiger partial charge in [-0.1, -0.05) is 48.5 Å². The van der Waals surface area contributed by atoms with E-state index in [-0.39, 0.29) is 5.78 Å². The summed E-state index contributed by atoms with van der Waals surface area (Å²) in [5, 5.41) is 5.75. The molecule has 0 fully saturated rings. The largest absolute Gasteiger partial charge is 0.451 e. The van der Waals surface area contributed by atoms with Crippen molar-refractivity contribution in [2.75, 3.05) is 0 Å². The lowest BCUT2D eigenvalue weighted by atomic mass is 10.2. The predicted molar refractivity (Wildman–Crippen MR) is 93.0 cm³/mol. The average molecular weight is 316 g/mol. The molecule has 0 spiro atoms. The molecule has 2 aromatic heterocycles. The molecule has 0 aliphatic rings. The first-order valence-electron chi connectivity index (χ1n) is 7.83. The SMILES string of the molecule is CC(=O)c1ccc(-c2nn(Cc3ccccc3)c3ccccc23)o1. The van der Waals surface area contributed by atoms with Gasteiger partial charge in [-0.25, -0.2) is 0 Å². The van der Waals surface area contributed by atoms with Gasteiger partial charge in [0.25, 0.3) is 0 Å². The Balaban J connectivity index is 1.83. The van der Waals surface area contributed by atoms with E-state index in [1.807, 2.05) is 47.1 Å². The van der Waals surface area contributed by atoms with Crippen LogP contribution < -0.4 is 0 Å². The van der Waals surface area contributed by atoms with Gasteiger partial charge in [-0.3, -0.25) is 9.48 Å². The van der Waals surface area contributed by atoms with Gasteiger partial charge in [0.15, 0.2) is 17.3 Å². The van der Waals surface area contributed by atoms with E-state index >= 15 is 0 Å². The van der Waals surface area contributed by atoms with E-state index in [2.05, 4.69) is 12.1 Å². The van der Waals surface area contributed by atoms with Crippen molar-refractivity contribution in [2.24, 2.45) is 0 Å². The first-order chi connectivity index (χ1) is 11.7. The zero-order chi connectivity index (χ0) is 16.5. The molecule has 0 aliphatic heterocycles. The maximum Gasteiger partial charge on any atom is 0.194 e. The lowest BCUT2D eigenvalue weighted by molar-refractivity contribution is 0.0988. The number of nitrogens with zero attached hydrogens (tertiary/aromatic N) is 2. The minimum atomic E-state index is -0.0886. The summed E-state index contributed by atoms with van der Waals surface area (Å²) >= 11 is 0. The maximum absolute atomic E-state index is 11.5. The summed E-state index contributed by atoms with van der Waals surface area (Å²) in [6.45, 7) is 2.18. The van der Waals surface area contributed by atoms with Crippen molar-refractivity contribution in [3.63, 3.8) is 0 Å². The summed E-state index contributed by atoms with van der Waals surface area (Å²) in [4.78, 5) is 11.5. The molecule has 4 aromatic rings. The van der Waals surface area contributed by atoms with Crippen LogP contribution >= 0.6 is 0 Å². The Bertz CT molecular complexity index is 1010. The highest BCUT2D eigenvalue weighted by Gasteiger charge is 2.16. The Morgan fingerprint density at radius 1 is 1.00 bits per heavy atom. The molecule has 0 saturated heterocycles. The molecular weight excluding hydrogens is 300 g/mol. The molecule has 2 heterocycles. The molecular formula is C20H16N2O2. The zero-order valence-corrected chi connectivity index (χ0v) is 13.3. The van der Waals surface area contributed by atoms with Crippen LogP contribution in [-0.4, -0.2) is 15.6 Å². The summed E-state index contributed by atoms with van der Waals surface area (Å²) in [6, 6.07) is 21.8. The summed E-state index contributed by atoms with van der Waals surface area (Å²) in [6.07, 6.45) is 0.